The van der Waals surface area contributed by atoms with E-state index < -0.39 is 0 Å². The number of aromatic nitrogens is 3. The molecule has 1 amide bonds. The number of nitrogens with zero attached hydrogens (tertiary/aromatic N) is 3. The molecule has 0 aliphatic rings. The van der Waals surface area contributed by atoms with Crippen molar-refractivity contribution >= 4 is 61.3 Å². The number of hydrogen-bond donors (Lipinski definition) is 1. The van der Waals surface area contributed by atoms with Crippen LogP contribution >= 0.6 is 34.4 Å². The first-order valence-corrected chi connectivity index (χ1v) is 11.2. The van der Waals surface area contributed by atoms with Crippen molar-refractivity contribution in [2.24, 2.45) is 0 Å². The molecule has 0 saturated heterocycles. The fourth-order valence-corrected chi connectivity index (χ4v) is 5.36. The molecular formula is C20H14N4OS3. The van der Waals surface area contributed by atoms with Gasteiger partial charge in [0.2, 0.25) is 0 Å². The maximum absolute atomic E-state index is 12.6. The highest BCUT2D eigenvalue weighted by atomic mass is 32.2. The van der Waals surface area contributed by atoms with Crippen LogP contribution in [-0.2, 0) is 5.75 Å². The van der Waals surface area contributed by atoms with Crippen LogP contribution in [0.5, 0.6) is 0 Å². The van der Waals surface area contributed by atoms with Gasteiger partial charge >= 0.3 is 0 Å². The zero-order chi connectivity index (χ0) is 18.9. The molecule has 8 heteroatoms. The van der Waals surface area contributed by atoms with Crippen LogP contribution in [0.4, 0.5) is 5.69 Å². The summed E-state index contributed by atoms with van der Waals surface area (Å²) in [4.78, 5) is 24.9. The fraction of sp³-hybridized carbons (Fsp3) is 0.0500. The van der Waals surface area contributed by atoms with Crippen LogP contribution in [0.15, 0.2) is 71.3 Å². The van der Waals surface area contributed by atoms with E-state index in [-0.39, 0.29) is 5.91 Å². The highest BCUT2D eigenvalue weighted by Gasteiger charge is 2.15. The van der Waals surface area contributed by atoms with Crippen molar-refractivity contribution in [3.63, 3.8) is 0 Å². The Morgan fingerprint density at radius 3 is 2.93 bits per heavy atom. The predicted molar refractivity (Wildman–Crippen MR) is 117 cm³/mol. The van der Waals surface area contributed by atoms with Crippen LogP contribution in [0, 0.1) is 0 Å². The smallest absolute Gasteiger partial charge is 0.265 e. The first-order valence-electron chi connectivity index (χ1n) is 8.54. The number of benzene rings is 1. The van der Waals surface area contributed by atoms with Crippen molar-refractivity contribution in [2.45, 2.75) is 10.6 Å². The van der Waals surface area contributed by atoms with Crippen LogP contribution in [-0.4, -0.2) is 20.3 Å². The highest BCUT2D eigenvalue weighted by molar-refractivity contribution is 7.98. The van der Waals surface area contributed by atoms with E-state index in [1.807, 2.05) is 58.6 Å². The average molecular weight is 423 g/mol. The van der Waals surface area contributed by atoms with E-state index in [2.05, 4.69) is 21.4 Å². The molecule has 5 nitrogen and oxygen atoms in total. The van der Waals surface area contributed by atoms with E-state index >= 15 is 0 Å². The van der Waals surface area contributed by atoms with Crippen molar-refractivity contribution in [3.8, 4) is 0 Å². The topological polar surface area (TPSA) is 59.3 Å². The summed E-state index contributed by atoms with van der Waals surface area (Å²) >= 11 is 4.75. The second-order valence-corrected chi connectivity index (χ2v) is 9.05. The van der Waals surface area contributed by atoms with E-state index in [1.54, 1.807) is 29.3 Å². The second-order valence-electron chi connectivity index (χ2n) is 6.10. The lowest BCUT2D eigenvalue weighted by atomic mass is 10.3. The quantitative estimate of drug-likeness (QED) is 0.377. The number of thiazole rings is 1. The molecule has 0 atom stereocenters. The fourth-order valence-electron chi connectivity index (χ4n) is 2.84. The van der Waals surface area contributed by atoms with Gasteiger partial charge in [-0.05, 0) is 42.0 Å². The van der Waals surface area contributed by atoms with Gasteiger partial charge in [0.25, 0.3) is 5.91 Å². The van der Waals surface area contributed by atoms with Gasteiger partial charge in [-0.25, -0.2) is 4.98 Å². The van der Waals surface area contributed by atoms with E-state index in [1.165, 1.54) is 16.9 Å². The van der Waals surface area contributed by atoms with Gasteiger partial charge in [0, 0.05) is 40.3 Å². The standard InChI is InChI=1S/C20H14N4OS3/c25-18(17-10-16-19(28-17)23-20-24(16)8-9-26-20)22-14-3-5-15(6-4-14)27-12-13-2-1-7-21-11-13/h1-11H,12H2,(H,22,25). The third kappa shape index (κ3) is 3.42. The van der Waals surface area contributed by atoms with Gasteiger partial charge in [0.15, 0.2) is 4.96 Å². The summed E-state index contributed by atoms with van der Waals surface area (Å²) in [5.41, 5.74) is 2.95. The Bertz CT molecular complexity index is 1260. The summed E-state index contributed by atoms with van der Waals surface area (Å²) < 4.78 is 2.02. The monoisotopic (exact) mass is 422 g/mol. The number of hydrogen-bond acceptors (Lipinski definition) is 6. The number of fused-ring (bicyclic) bond motifs is 3. The largest absolute Gasteiger partial charge is 0.321 e. The lowest BCUT2D eigenvalue weighted by Crippen LogP contribution is -2.09. The van der Waals surface area contributed by atoms with Crippen LogP contribution in [0.3, 0.4) is 0 Å². The molecule has 0 spiro atoms. The SMILES string of the molecule is O=C(Nc1ccc(SCc2cccnc2)cc1)c1cc2c(nc3sccn32)s1. The number of thioether (sulfide) groups is 1. The van der Waals surface area contributed by atoms with Gasteiger partial charge in [0.05, 0.1) is 10.4 Å². The summed E-state index contributed by atoms with van der Waals surface area (Å²) in [7, 11) is 0. The number of rotatable bonds is 5. The molecule has 4 heterocycles. The van der Waals surface area contributed by atoms with Gasteiger partial charge in [0.1, 0.15) is 4.83 Å². The minimum Gasteiger partial charge on any atom is -0.321 e. The van der Waals surface area contributed by atoms with Crippen LogP contribution in [0.1, 0.15) is 15.2 Å². The molecule has 0 radical (unpaired) electrons. The van der Waals surface area contributed by atoms with Gasteiger partial charge in [-0.2, -0.15) is 0 Å². The zero-order valence-corrected chi connectivity index (χ0v) is 17.0. The maximum Gasteiger partial charge on any atom is 0.265 e. The summed E-state index contributed by atoms with van der Waals surface area (Å²) in [6.07, 6.45) is 5.63. The molecule has 0 bridgehead atoms. The molecule has 138 valence electrons. The molecule has 0 fully saturated rings. The van der Waals surface area contributed by atoms with Crippen molar-refractivity contribution in [3.05, 3.63) is 76.9 Å². The van der Waals surface area contributed by atoms with E-state index in [9.17, 15) is 4.79 Å². The molecule has 1 aromatic carbocycles. The number of pyridine rings is 1. The molecule has 28 heavy (non-hydrogen) atoms. The Morgan fingerprint density at radius 2 is 2.11 bits per heavy atom. The molecule has 0 saturated carbocycles. The average Bonchev–Trinajstić information content (AvgIpc) is 3.41. The number of carbonyl (C=O) groups is 1. The number of thiophene rings is 1. The van der Waals surface area contributed by atoms with Crippen molar-refractivity contribution in [2.75, 3.05) is 5.32 Å². The molecule has 1 N–H and O–H groups in total. The van der Waals surface area contributed by atoms with E-state index in [0.29, 0.717) is 4.88 Å². The van der Waals surface area contributed by atoms with Crippen LogP contribution < -0.4 is 5.32 Å². The number of carbonyl (C=O) groups excluding carboxylic acids is 1. The third-order valence-electron chi connectivity index (χ3n) is 4.20. The zero-order valence-electron chi connectivity index (χ0n) is 14.5. The van der Waals surface area contributed by atoms with Gasteiger partial charge in [-0.3, -0.25) is 14.2 Å². The van der Waals surface area contributed by atoms with E-state index in [0.717, 1.165) is 31.6 Å². The molecule has 4 aromatic heterocycles. The van der Waals surface area contributed by atoms with Gasteiger partial charge in [-0.1, -0.05) is 6.07 Å². The van der Waals surface area contributed by atoms with Gasteiger partial charge < -0.3 is 5.32 Å². The number of amides is 1. The molecule has 0 aliphatic carbocycles. The summed E-state index contributed by atoms with van der Waals surface area (Å²) in [5, 5.41) is 4.96. The summed E-state index contributed by atoms with van der Waals surface area (Å²) in [6, 6.07) is 13.8. The predicted octanol–water partition coefficient (Wildman–Crippen LogP) is 5.55. The molecular weight excluding hydrogens is 408 g/mol. The van der Waals surface area contributed by atoms with E-state index in [4.69, 9.17) is 0 Å². The van der Waals surface area contributed by atoms with Crippen molar-refractivity contribution < 1.29 is 4.79 Å². The Morgan fingerprint density at radius 1 is 1.21 bits per heavy atom. The second kappa shape index (κ2) is 7.38. The maximum atomic E-state index is 12.6. The normalized spacial score (nSPS) is 11.3. The Hall–Kier alpha value is -2.68. The first kappa shape index (κ1) is 17.4. The van der Waals surface area contributed by atoms with Gasteiger partial charge in [-0.15, -0.1) is 34.4 Å². The number of anilines is 1. The minimum atomic E-state index is -0.109. The molecule has 5 aromatic rings. The third-order valence-corrected chi connectivity index (χ3v) is 7.06. The number of nitrogens with one attached hydrogen (secondary N) is 1. The first-order chi connectivity index (χ1) is 13.8. The van der Waals surface area contributed by atoms with Crippen LogP contribution in [0.25, 0.3) is 15.3 Å². The highest BCUT2D eigenvalue weighted by Crippen LogP contribution is 2.29. The summed E-state index contributed by atoms with van der Waals surface area (Å²) in [6.45, 7) is 0. The Balaban J connectivity index is 1.26. The number of imidazole rings is 1. The Kier molecular flexibility index (Phi) is 4.59. The van der Waals surface area contributed by atoms with Crippen LogP contribution in [0.2, 0.25) is 0 Å². The Labute approximate surface area is 173 Å². The molecule has 0 unspecified atom stereocenters. The minimum absolute atomic E-state index is 0.109. The molecule has 5 rings (SSSR count). The lowest BCUT2D eigenvalue weighted by Gasteiger charge is -2.05. The van der Waals surface area contributed by atoms with Crippen molar-refractivity contribution in [1.82, 2.24) is 14.4 Å². The summed E-state index contributed by atoms with van der Waals surface area (Å²) in [5.74, 6) is 0.759. The van der Waals surface area contributed by atoms with Crippen molar-refractivity contribution in [1.29, 1.82) is 0 Å². The lowest BCUT2D eigenvalue weighted by molar-refractivity contribution is 0.103. The molecule has 0 aliphatic heterocycles.